The van der Waals surface area contributed by atoms with E-state index in [1.165, 1.54) is 12.1 Å². The van der Waals surface area contributed by atoms with Gasteiger partial charge in [-0.25, -0.2) is 13.6 Å². The zero-order valence-electron chi connectivity index (χ0n) is 11.8. The third-order valence-electron chi connectivity index (χ3n) is 3.81. The second-order valence-corrected chi connectivity index (χ2v) is 7.59. The van der Waals surface area contributed by atoms with Crippen molar-refractivity contribution in [1.29, 1.82) is 0 Å². The number of hydrogen-bond donors (Lipinski definition) is 1. The molecule has 0 spiro atoms. The minimum Gasteiger partial charge on any atom is -0.339 e. The van der Waals surface area contributed by atoms with Crippen molar-refractivity contribution in [3.05, 3.63) is 29.8 Å². The van der Waals surface area contributed by atoms with Gasteiger partial charge < -0.3 is 4.90 Å². The van der Waals surface area contributed by atoms with Gasteiger partial charge in [0, 0.05) is 18.7 Å². The first-order valence-corrected chi connectivity index (χ1v) is 8.16. The minimum atomic E-state index is -3.78. The number of nitrogens with zero attached hydrogens (tertiary/aromatic N) is 1. The van der Waals surface area contributed by atoms with Gasteiger partial charge in [0.05, 0.1) is 4.90 Å². The Hall–Kier alpha value is -1.40. The molecule has 20 heavy (non-hydrogen) atoms. The Morgan fingerprint density at radius 1 is 1.25 bits per heavy atom. The zero-order valence-corrected chi connectivity index (χ0v) is 12.6. The van der Waals surface area contributed by atoms with Crippen molar-refractivity contribution < 1.29 is 13.2 Å². The van der Waals surface area contributed by atoms with Crippen LogP contribution in [0.25, 0.3) is 0 Å². The lowest BCUT2D eigenvalue weighted by molar-refractivity contribution is 0.0630. The molecular weight excluding hydrogens is 276 g/mol. The molecule has 1 heterocycles. The summed E-state index contributed by atoms with van der Waals surface area (Å²) in [6, 6.07) is 5.90. The average Bonchev–Trinajstić information content (AvgIpc) is 2.37. The van der Waals surface area contributed by atoms with Crippen molar-refractivity contribution in [1.82, 2.24) is 4.90 Å². The molecule has 2 rings (SSSR count). The first kappa shape index (κ1) is 15.0. The van der Waals surface area contributed by atoms with Crippen molar-refractivity contribution >= 4 is 15.9 Å². The molecule has 1 amide bonds. The highest BCUT2D eigenvalue weighted by atomic mass is 32.2. The monoisotopic (exact) mass is 296 g/mol. The lowest BCUT2D eigenvalue weighted by atomic mass is 9.82. The fourth-order valence-corrected chi connectivity index (χ4v) is 2.86. The number of amides is 1. The van der Waals surface area contributed by atoms with Crippen LogP contribution in [0.1, 0.15) is 37.0 Å². The Bertz CT molecular complexity index is 613. The molecular formula is C14H20N2O3S. The number of hydrogen-bond acceptors (Lipinski definition) is 3. The van der Waals surface area contributed by atoms with Crippen LogP contribution in [-0.2, 0) is 10.0 Å². The van der Waals surface area contributed by atoms with Gasteiger partial charge in [0.25, 0.3) is 5.91 Å². The molecule has 0 bridgehead atoms. The van der Waals surface area contributed by atoms with Crippen LogP contribution in [-0.4, -0.2) is 32.3 Å². The average molecular weight is 296 g/mol. The van der Waals surface area contributed by atoms with E-state index in [1.807, 2.05) is 0 Å². The lowest BCUT2D eigenvalue weighted by Gasteiger charge is -2.37. The van der Waals surface area contributed by atoms with E-state index in [9.17, 15) is 13.2 Å². The molecule has 1 fully saturated rings. The SMILES string of the molecule is CC1(C)CCN(C(=O)c2cccc(S(N)(=O)=O)c2)CC1. The summed E-state index contributed by atoms with van der Waals surface area (Å²) in [5.41, 5.74) is 0.635. The second kappa shape index (κ2) is 5.18. The standard InChI is InChI=1S/C14H20N2O3S/c1-14(2)6-8-16(9-7-14)13(17)11-4-3-5-12(10-11)20(15,18)19/h3-5,10H,6-9H2,1-2H3,(H2,15,18,19). The van der Waals surface area contributed by atoms with Crippen LogP contribution in [0, 0.1) is 5.41 Å². The van der Waals surface area contributed by atoms with Crippen molar-refractivity contribution in [2.45, 2.75) is 31.6 Å². The summed E-state index contributed by atoms with van der Waals surface area (Å²) in [6.07, 6.45) is 1.90. The van der Waals surface area contributed by atoms with Crippen LogP contribution >= 0.6 is 0 Å². The van der Waals surface area contributed by atoms with Crippen molar-refractivity contribution in [2.24, 2.45) is 10.6 Å². The van der Waals surface area contributed by atoms with E-state index >= 15 is 0 Å². The molecule has 110 valence electrons. The van der Waals surface area contributed by atoms with E-state index < -0.39 is 10.0 Å². The van der Waals surface area contributed by atoms with E-state index in [0.717, 1.165) is 12.8 Å². The molecule has 0 atom stereocenters. The number of primary sulfonamides is 1. The molecule has 0 aliphatic carbocycles. The van der Waals surface area contributed by atoms with Gasteiger partial charge in [-0.3, -0.25) is 4.79 Å². The smallest absolute Gasteiger partial charge is 0.253 e. The fourth-order valence-electron chi connectivity index (χ4n) is 2.30. The van der Waals surface area contributed by atoms with Gasteiger partial charge in [-0.15, -0.1) is 0 Å². The third-order valence-corrected chi connectivity index (χ3v) is 4.72. The van der Waals surface area contributed by atoms with Gasteiger partial charge in [0.15, 0.2) is 0 Å². The summed E-state index contributed by atoms with van der Waals surface area (Å²) in [4.78, 5) is 14.1. The molecule has 2 N–H and O–H groups in total. The molecule has 0 unspecified atom stereocenters. The van der Waals surface area contributed by atoms with Crippen molar-refractivity contribution in [2.75, 3.05) is 13.1 Å². The van der Waals surface area contributed by atoms with Crippen LogP contribution in [0.5, 0.6) is 0 Å². The molecule has 1 saturated heterocycles. The number of carbonyl (C=O) groups excluding carboxylic acids is 1. The first-order chi connectivity index (χ1) is 9.19. The van der Waals surface area contributed by atoms with Crippen molar-refractivity contribution in [3.63, 3.8) is 0 Å². The number of sulfonamides is 1. The number of rotatable bonds is 2. The highest BCUT2D eigenvalue weighted by molar-refractivity contribution is 7.89. The predicted molar refractivity (Wildman–Crippen MR) is 76.7 cm³/mol. The zero-order chi connectivity index (χ0) is 15.0. The topological polar surface area (TPSA) is 80.5 Å². The fraction of sp³-hybridized carbons (Fsp3) is 0.500. The van der Waals surface area contributed by atoms with Gasteiger partial charge in [0.2, 0.25) is 10.0 Å². The second-order valence-electron chi connectivity index (χ2n) is 6.03. The lowest BCUT2D eigenvalue weighted by Crippen LogP contribution is -2.41. The summed E-state index contributed by atoms with van der Waals surface area (Å²) in [6.45, 7) is 5.78. The van der Waals surface area contributed by atoms with Crippen LogP contribution in [0.4, 0.5) is 0 Å². The summed E-state index contributed by atoms with van der Waals surface area (Å²) in [5.74, 6) is -0.133. The largest absolute Gasteiger partial charge is 0.339 e. The number of piperidine rings is 1. The Morgan fingerprint density at radius 2 is 1.85 bits per heavy atom. The molecule has 1 aromatic rings. The molecule has 0 aromatic heterocycles. The Morgan fingerprint density at radius 3 is 2.40 bits per heavy atom. The Kier molecular flexibility index (Phi) is 3.88. The maximum atomic E-state index is 12.4. The number of benzene rings is 1. The molecule has 6 heteroatoms. The first-order valence-electron chi connectivity index (χ1n) is 6.61. The van der Waals surface area contributed by atoms with Crippen LogP contribution in [0.15, 0.2) is 29.2 Å². The normalized spacial score (nSPS) is 18.9. The van der Waals surface area contributed by atoms with Gasteiger partial charge >= 0.3 is 0 Å². The molecule has 0 radical (unpaired) electrons. The summed E-state index contributed by atoms with van der Waals surface area (Å²) in [7, 11) is -3.78. The van der Waals surface area contributed by atoms with Crippen LogP contribution < -0.4 is 5.14 Å². The summed E-state index contributed by atoms with van der Waals surface area (Å²) >= 11 is 0. The van der Waals surface area contributed by atoms with E-state index in [-0.39, 0.29) is 16.2 Å². The molecule has 1 aliphatic rings. The van der Waals surface area contributed by atoms with Gasteiger partial charge in [0.1, 0.15) is 0 Å². The quantitative estimate of drug-likeness (QED) is 0.900. The van der Waals surface area contributed by atoms with E-state index in [0.29, 0.717) is 18.7 Å². The van der Waals surface area contributed by atoms with Gasteiger partial charge in [-0.2, -0.15) is 0 Å². The Balaban J connectivity index is 2.18. The summed E-state index contributed by atoms with van der Waals surface area (Å²) in [5, 5.41) is 5.09. The van der Waals surface area contributed by atoms with Gasteiger partial charge in [-0.05, 0) is 36.5 Å². The highest BCUT2D eigenvalue weighted by Gasteiger charge is 2.28. The third kappa shape index (κ3) is 3.37. The maximum absolute atomic E-state index is 12.4. The molecule has 1 aliphatic heterocycles. The molecule has 5 nitrogen and oxygen atoms in total. The number of likely N-dealkylation sites (tertiary alicyclic amines) is 1. The molecule has 0 saturated carbocycles. The maximum Gasteiger partial charge on any atom is 0.253 e. The molecule has 1 aromatic carbocycles. The number of carbonyl (C=O) groups is 1. The Labute approximate surface area is 119 Å². The van der Waals surface area contributed by atoms with Crippen molar-refractivity contribution in [3.8, 4) is 0 Å². The van der Waals surface area contributed by atoms with E-state index in [1.54, 1.807) is 17.0 Å². The van der Waals surface area contributed by atoms with Gasteiger partial charge in [-0.1, -0.05) is 19.9 Å². The van der Waals surface area contributed by atoms with E-state index in [4.69, 9.17) is 5.14 Å². The minimum absolute atomic E-state index is 0.0271. The highest BCUT2D eigenvalue weighted by Crippen LogP contribution is 2.30. The summed E-state index contributed by atoms with van der Waals surface area (Å²) < 4.78 is 22.6. The predicted octanol–water partition coefficient (Wildman–Crippen LogP) is 1.60. The van der Waals surface area contributed by atoms with Crippen LogP contribution in [0.3, 0.4) is 0 Å². The number of nitrogens with two attached hydrogens (primary N) is 1. The van der Waals surface area contributed by atoms with E-state index in [2.05, 4.69) is 13.8 Å². The van der Waals surface area contributed by atoms with Crippen LogP contribution in [0.2, 0.25) is 0 Å².